The number of carbonyl (C=O) groups is 1. The maximum absolute atomic E-state index is 10.5. The normalized spacial score (nSPS) is 10.2. The van der Waals surface area contributed by atoms with Crippen molar-refractivity contribution in [1.29, 1.82) is 0 Å². The van der Waals surface area contributed by atoms with Crippen LogP contribution in [-0.2, 0) is 0 Å². The molecule has 2 aromatic rings. The number of aldehydes is 1. The van der Waals surface area contributed by atoms with Crippen molar-refractivity contribution >= 4 is 30.4 Å². The van der Waals surface area contributed by atoms with E-state index in [-0.39, 0.29) is 0 Å². The molecule has 0 saturated heterocycles. The van der Waals surface area contributed by atoms with Crippen LogP contribution in [0.3, 0.4) is 0 Å². The van der Waals surface area contributed by atoms with E-state index < -0.39 is 0 Å². The predicted octanol–water partition coefficient (Wildman–Crippen LogP) is 1.71. The van der Waals surface area contributed by atoms with Crippen LogP contribution in [0.5, 0.6) is 0 Å². The van der Waals surface area contributed by atoms with Crippen LogP contribution in [0.1, 0.15) is 10.4 Å². The second kappa shape index (κ2) is 2.65. The molecular weight excluding hydrogens is 203 g/mol. The molecule has 0 aliphatic rings. The van der Waals surface area contributed by atoms with Crippen LogP contribution in [0.4, 0.5) is 0 Å². The third-order valence-electron chi connectivity index (χ3n) is 1.64. The fraction of sp³-hybridized carbons (Fsp3) is 0. The van der Waals surface area contributed by atoms with E-state index in [1.165, 1.54) is 9.65 Å². The van der Waals surface area contributed by atoms with Gasteiger partial charge < -0.3 is 0 Å². The summed E-state index contributed by atoms with van der Waals surface area (Å²) in [6.45, 7) is 0. The summed E-state index contributed by atoms with van der Waals surface area (Å²) in [5.74, 6) is 0. The van der Waals surface area contributed by atoms with E-state index in [0.717, 1.165) is 11.8 Å². The Morgan fingerprint density at radius 3 is 3.00 bits per heavy atom. The number of benzene rings is 1. The Balaban J connectivity index is 2.88. The molecule has 0 N–H and O–H groups in total. The zero-order chi connectivity index (χ0) is 7.68. The van der Waals surface area contributed by atoms with Crippen LogP contribution in [-0.4, -0.2) is 20.8 Å². The van der Waals surface area contributed by atoms with Gasteiger partial charge in [-0.15, -0.1) is 0 Å². The first-order chi connectivity index (χ1) is 5.42. The molecule has 1 aromatic heterocycles. The van der Waals surface area contributed by atoms with Crippen molar-refractivity contribution in [2.45, 2.75) is 0 Å². The Kier molecular flexibility index (Phi) is 1.65. The SMILES string of the molecule is O=Cc1cccc2cc[se]c12. The van der Waals surface area contributed by atoms with Gasteiger partial charge in [0.15, 0.2) is 0 Å². The van der Waals surface area contributed by atoms with E-state index in [1.807, 2.05) is 18.2 Å². The van der Waals surface area contributed by atoms with E-state index in [1.54, 1.807) is 0 Å². The van der Waals surface area contributed by atoms with Crippen molar-refractivity contribution in [1.82, 2.24) is 0 Å². The van der Waals surface area contributed by atoms with Gasteiger partial charge in [-0.05, 0) is 0 Å². The molecule has 0 spiro atoms. The number of hydrogen-bond acceptors (Lipinski definition) is 1. The fourth-order valence-electron chi connectivity index (χ4n) is 1.11. The molecule has 54 valence electrons. The van der Waals surface area contributed by atoms with Gasteiger partial charge in [0.05, 0.1) is 0 Å². The van der Waals surface area contributed by atoms with Gasteiger partial charge in [-0.3, -0.25) is 0 Å². The first-order valence-corrected chi connectivity index (χ1v) is 5.18. The zero-order valence-electron chi connectivity index (χ0n) is 5.78. The molecule has 0 fully saturated rings. The molecule has 11 heavy (non-hydrogen) atoms. The molecule has 0 saturated carbocycles. The van der Waals surface area contributed by atoms with Crippen molar-refractivity contribution < 1.29 is 4.79 Å². The van der Waals surface area contributed by atoms with Crippen LogP contribution < -0.4 is 0 Å². The van der Waals surface area contributed by atoms with Gasteiger partial charge in [-0.2, -0.15) is 0 Å². The summed E-state index contributed by atoms with van der Waals surface area (Å²) in [5.41, 5.74) is 0.854. The average molecular weight is 209 g/mol. The van der Waals surface area contributed by atoms with Crippen LogP contribution >= 0.6 is 0 Å². The molecule has 1 nitrogen and oxygen atoms in total. The molecular formula is C9H6OSe. The van der Waals surface area contributed by atoms with E-state index >= 15 is 0 Å². The molecule has 1 aromatic carbocycles. The predicted molar refractivity (Wildman–Crippen MR) is 46.3 cm³/mol. The van der Waals surface area contributed by atoms with Crippen LogP contribution in [0.15, 0.2) is 29.2 Å². The van der Waals surface area contributed by atoms with Crippen molar-refractivity contribution in [3.63, 3.8) is 0 Å². The van der Waals surface area contributed by atoms with Crippen molar-refractivity contribution in [3.05, 3.63) is 34.8 Å². The monoisotopic (exact) mass is 210 g/mol. The second-order valence-corrected chi connectivity index (χ2v) is 4.23. The summed E-state index contributed by atoms with van der Waals surface area (Å²) in [6.07, 6.45) is 0.938. The summed E-state index contributed by atoms with van der Waals surface area (Å²) in [4.78, 5) is 12.7. The summed E-state index contributed by atoms with van der Waals surface area (Å²) in [6, 6.07) is 7.94. The quantitative estimate of drug-likeness (QED) is 0.516. The first-order valence-electron chi connectivity index (χ1n) is 3.33. The van der Waals surface area contributed by atoms with E-state index in [2.05, 4.69) is 11.0 Å². The molecule has 0 bridgehead atoms. The average Bonchev–Trinajstić information content (AvgIpc) is 2.50. The standard InChI is InChI=1S/C9H6OSe/c10-6-8-3-1-2-7-4-5-11-9(7)8/h1-6H. The number of fused-ring (bicyclic) bond motifs is 1. The number of hydrogen-bond donors (Lipinski definition) is 0. The van der Waals surface area contributed by atoms with Crippen LogP contribution in [0.25, 0.3) is 9.65 Å². The Bertz CT molecular complexity index is 389. The van der Waals surface area contributed by atoms with Crippen molar-refractivity contribution in [2.24, 2.45) is 0 Å². The Morgan fingerprint density at radius 2 is 2.18 bits per heavy atom. The topological polar surface area (TPSA) is 17.1 Å². The Morgan fingerprint density at radius 1 is 1.27 bits per heavy atom. The summed E-state index contributed by atoms with van der Waals surface area (Å²) in [7, 11) is 0. The summed E-state index contributed by atoms with van der Waals surface area (Å²) >= 11 is 0.382. The summed E-state index contributed by atoms with van der Waals surface area (Å²) in [5, 5.41) is 1.22. The van der Waals surface area contributed by atoms with Crippen molar-refractivity contribution in [3.8, 4) is 0 Å². The minimum atomic E-state index is 0.382. The van der Waals surface area contributed by atoms with Gasteiger partial charge in [0.1, 0.15) is 0 Å². The van der Waals surface area contributed by atoms with Gasteiger partial charge in [-0.1, -0.05) is 0 Å². The Labute approximate surface area is 70.4 Å². The molecule has 0 radical (unpaired) electrons. The molecule has 0 unspecified atom stereocenters. The molecule has 0 aliphatic carbocycles. The first kappa shape index (κ1) is 6.83. The fourth-order valence-corrected chi connectivity index (χ4v) is 2.95. The van der Waals surface area contributed by atoms with E-state index in [0.29, 0.717) is 14.5 Å². The van der Waals surface area contributed by atoms with Gasteiger partial charge >= 0.3 is 70.0 Å². The number of carbonyl (C=O) groups excluding carboxylic acids is 1. The van der Waals surface area contributed by atoms with E-state index in [4.69, 9.17) is 0 Å². The van der Waals surface area contributed by atoms with Crippen molar-refractivity contribution in [2.75, 3.05) is 0 Å². The van der Waals surface area contributed by atoms with Gasteiger partial charge in [0, 0.05) is 0 Å². The van der Waals surface area contributed by atoms with Gasteiger partial charge in [0.25, 0.3) is 0 Å². The minimum absolute atomic E-state index is 0.382. The molecule has 1 heterocycles. The molecule has 0 aliphatic heterocycles. The maximum atomic E-state index is 10.5. The van der Waals surface area contributed by atoms with Gasteiger partial charge in [0.2, 0.25) is 0 Å². The second-order valence-electron chi connectivity index (χ2n) is 2.30. The van der Waals surface area contributed by atoms with Gasteiger partial charge in [-0.25, -0.2) is 0 Å². The van der Waals surface area contributed by atoms with E-state index in [9.17, 15) is 4.79 Å². The molecule has 0 amide bonds. The molecule has 2 heteroatoms. The van der Waals surface area contributed by atoms with Crippen LogP contribution in [0.2, 0.25) is 0 Å². The number of rotatable bonds is 1. The molecule has 2 rings (SSSR count). The summed E-state index contributed by atoms with van der Waals surface area (Å²) < 4.78 is 1.23. The Hall–Kier alpha value is -0.851. The molecule has 0 atom stereocenters. The zero-order valence-corrected chi connectivity index (χ0v) is 7.49. The third-order valence-corrected chi connectivity index (χ3v) is 3.69. The van der Waals surface area contributed by atoms with Crippen LogP contribution in [0, 0.1) is 0 Å². The third kappa shape index (κ3) is 1.05.